The third-order valence-electron chi connectivity index (χ3n) is 4.28. The maximum atomic E-state index is 12.7. The van der Waals surface area contributed by atoms with Crippen molar-refractivity contribution in [2.24, 2.45) is 0 Å². The van der Waals surface area contributed by atoms with Gasteiger partial charge in [0.25, 0.3) is 10.0 Å². The summed E-state index contributed by atoms with van der Waals surface area (Å²) in [5.74, 6) is -2.09. The van der Waals surface area contributed by atoms with Crippen LogP contribution < -0.4 is 9.62 Å². The minimum atomic E-state index is -5.09. The van der Waals surface area contributed by atoms with Crippen molar-refractivity contribution in [2.75, 3.05) is 23.7 Å². The van der Waals surface area contributed by atoms with Crippen molar-refractivity contribution in [3.63, 3.8) is 0 Å². The number of rotatable bonds is 6. The lowest BCUT2D eigenvalue weighted by atomic mass is 10.1. The number of sulfonamides is 1. The first-order valence-corrected chi connectivity index (χ1v) is 10.6. The molecule has 0 aromatic heterocycles. The van der Waals surface area contributed by atoms with Gasteiger partial charge in [-0.15, -0.1) is 0 Å². The fourth-order valence-corrected chi connectivity index (χ4v) is 3.81. The first-order valence-electron chi connectivity index (χ1n) is 8.70. The Morgan fingerprint density at radius 3 is 2.16 bits per heavy atom. The number of halogens is 4. The Kier molecular flexibility index (Phi) is 7.22. The number of amides is 2. The van der Waals surface area contributed by atoms with Gasteiger partial charge >= 0.3 is 17.4 Å². The van der Waals surface area contributed by atoms with Crippen LogP contribution in [0.25, 0.3) is 0 Å². The Bertz CT molecular complexity index is 1090. The summed E-state index contributed by atoms with van der Waals surface area (Å²) >= 11 is 5.46. The van der Waals surface area contributed by atoms with Crippen molar-refractivity contribution in [3.05, 3.63) is 53.6 Å². The van der Waals surface area contributed by atoms with Crippen LogP contribution in [0.4, 0.5) is 29.3 Å². The number of nitrogens with zero attached hydrogens (tertiary/aromatic N) is 2. The van der Waals surface area contributed by atoms with Gasteiger partial charge in [0.05, 0.1) is 4.90 Å². The third-order valence-corrected chi connectivity index (χ3v) is 5.94. The number of benzene rings is 2. The minimum Gasteiger partial charge on any atom is -0.334 e. The van der Waals surface area contributed by atoms with Gasteiger partial charge in [-0.05, 0) is 54.4 Å². The predicted molar refractivity (Wildman–Crippen MR) is 111 cm³/mol. The Balaban J connectivity index is 2.42. The zero-order chi connectivity index (χ0) is 23.6. The fraction of sp³-hybridized carbons (Fsp3) is 0.263. The summed E-state index contributed by atoms with van der Waals surface area (Å²) in [5.41, 5.74) is 1.07. The molecule has 0 aliphatic heterocycles. The lowest BCUT2D eigenvalue weighted by Gasteiger charge is -2.24. The molecular formula is C19H19ClF3N3O4S. The summed E-state index contributed by atoms with van der Waals surface area (Å²) in [6.45, 7) is 1.24. The normalized spacial score (nSPS) is 11.7. The third kappa shape index (κ3) is 6.11. The zero-order valence-electron chi connectivity index (χ0n) is 16.7. The van der Waals surface area contributed by atoms with Crippen molar-refractivity contribution < 1.29 is 31.2 Å². The van der Waals surface area contributed by atoms with Gasteiger partial charge in [0, 0.05) is 32.0 Å². The molecule has 7 nitrogen and oxygen atoms in total. The van der Waals surface area contributed by atoms with Gasteiger partial charge in [-0.25, -0.2) is 8.42 Å². The van der Waals surface area contributed by atoms with E-state index in [1.54, 1.807) is 19.1 Å². The Morgan fingerprint density at radius 1 is 1.06 bits per heavy atom. The minimum absolute atomic E-state index is 0.0128. The summed E-state index contributed by atoms with van der Waals surface area (Å²) in [4.78, 5) is 24.4. The second-order valence-corrected chi connectivity index (χ2v) is 8.74. The zero-order valence-corrected chi connectivity index (χ0v) is 18.3. The first-order chi connectivity index (χ1) is 14.2. The van der Waals surface area contributed by atoms with Gasteiger partial charge in [-0.1, -0.05) is 17.7 Å². The van der Waals surface area contributed by atoms with Crippen LogP contribution in [0.15, 0.2) is 47.4 Å². The van der Waals surface area contributed by atoms with Crippen LogP contribution in [-0.4, -0.2) is 44.9 Å². The molecule has 0 aliphatic carbocycles. The van der Waals surface area contributed by atoms with E-state index in [-0.39, 0.29) is 21.8 Å². The van der Waals surface area contributed by atoms with Crippen LogP contribution in [0.5, 0.6) is 0 Å². The quantitative estimate of drug-likeness (QED) is 0.501. The second kappa shape index (κ2) is 9.15. The number of carbonyl (C=O) groups excluding carboxylic acids is 2. The first kappa shape index (κ1) is 24.5. The highest BCUT2D eigenvalue weighted by Crippen LogP contribution is 2.28. The van der Waals surface area contributed by atoms with Gasteiger partial charge in [0.15, 0.2) is 0 Å². The highest BCUT2D eigenvalue weighted by molar-refractivity contribution is 7.92. The van der Waals surface area contributed by atoms with E-state index in [9.17, 15) is 31.2 Å². The van der Waals surface area contributed by atoms with Crippen LogP contribution in [0.1, 0.15) is 11.1 Å². The fourth-order valence-electron chi connectivity index (χ4n) is 2.67. The number of aryl methyl sites for hydroxylation is 1. The smallest absolute Gasteiger partial charge is 0.334 e. The molecule has 0 bridgehead atoms. The molecule has 0 aliphatic rings. The van der Waals surface area contributed by atoms with E-state index in [2.05, 4.69) is 4.72 Å². The topological polar surface area (TPSA) is 86.8 Å². The maximum absolute atomic E-state index is 12.7. The molecule has 168 valence electrons. The standard InChI is InChI=1S/C19H19ClF3N3O4S/c1-12-4-7-15(8-5-12)31(29,30)24-14-6-9-16(26(3)18(20)28)13(10-14)11-25(2)17(27)19(21,22)23/h4-10,24H,11H2,1-3H3. The molecule has 2 aromatic rings. The number of carbonyl (C=O) groups is 2. The molecule has 0 atom stereocenters. The van der Waals surface area contributed by atoms with Crippen molar-refractivity contribution in [1.29, 1.82) is 0 Å². The molecule has 2 rings (SSSR count). The van der Waals surface area contributed by atoms with Crippen LogP contribution in [-0.2, 0) is 21.4 Å². The molecule has 0 saturated heterocycles. The van der Waals surface area contributed by atoms with Gasteiger partial charge in [0.1, 0.15) is 0 Å². The van der Waals surface area contributed by atoms with E-state index >= 15 is 0 Å². The summed E-state index contributed by atoms with van der Waals surface area (Å²) in [6, 6.07) is 9.91. The largest absolute Gasteiger partial charge is 0.471 e. The Labute approximate surface area is 182 Å². The molecule has 0 unspecified atom stereocenters. The molecular weight excluding hydrogens is 459 g/mol. The number of anilines is 2. The lowest BCUT2D eigenvalue weighted by Crippen LogP contribution is -2.38. The lowest BCUT2D eigenvalue weighted by molar-refractivity contribution is -0.184. The van der Waals surface area contributed by atoms with Crippen LogP contribution in [0.2, 0.25) is 0 Å². The molecule has 2 amide bonds. The van der Waals surface area contributed by atoms with Crippen molar-refractivity contribution in [3.8, 4) is 0 Å². The van der Waals surface area contributed by atoms with Crippen molar-refractivity contribution >= 4 is 44.3 Å². The molecule has 31 heavy (non-hydrogen) atoms. The van der Waals surface area contributed by atoms with Gasteiger partial charge in [0.2, 0.25) is 0 Å². The van der Waals surface area contributed by atoms with Crippen LogP contribution >= 0.6 is 11.6 Å². The van der Waals surface area contributed by atoms with E-state index in [0.717, 1.165) is 17.5 Å². The van der Waals surface area contributed by atoms with Gasteiger partial charge in [-0.3, -0.25) is 14.3 Å². The molecule has 0 fully saturated rings. The molecule has 12 heteroatoms. The molecule has 2 aromatic carbocycles. The Hall–Kier alpha value is -2.79. The maximum Gasteiger partial charge on any atom is 0.471 e. The molecule has 0 heterocycles. The van der Waals surface area contributed by atoms with Crippen LogP contribution in [0.3, 0.4) is 0 Å². The number of alkyl halides is 3. The number of hydrogen-bond acceptors (Lipinski definition) is 4. The van der Waals surface area contributed by atoms with E-state index in [0.29, 0.717) is 4.90 Å². The average molecular weight is 478 g/mol. The van der Waals surface area contributed by atoms with Crippen LogP contribution in [0, 0.1) is 6.92 Å². The summed E-state index contributed by atoms with van der Waals surface area (Å²) < 4.78 is 65.8. The highest BCUT2D eigenvalue weighted by Gasteiger charge is 2.41. The van der Waals surface area contributed by atoms with Gasteiger partial charge < -0.3 is 9.80 Å². The van der Waals surface area contributed by atoms with Gasteiger partial charge in [-0.2, -0.15) is 13.2 Å². The number of nitrogens with one attached hydrogen (secondary N) is 1. The Morgan fingerprint density at radius 2 is 1.65 bits per heavy atom. The summed E-state index contributed by atoms with van der Waals surface area (Å²) in [6.07, 6.45) is -5.09. The van der Waals surface area contributed by atoms with E-state index in [4.69, 9.17) is 11.6 Å². The van der Waals surface area contributed by atoms with E-state index in [1.807, 2.05) is 0 Å². The monoisotopic (exact) mass is 477 g/mol. The SMILES string of the molecule is Cc1ccc(S(=O)(=O)Nc2ccc(N(C)C(=O)Cl)c(CN(C)C(=O)C(F)(F)F)c2)cc1. The second-order valence-electron chi connectivity index (χ2n) is 6.73. The molecule has 0 radical (unpaired) electrons. The van der Waals surface area contributed by atoms with Crippen molar-refractivity contribution in [2.45, 2.75) is 24.5 Å². The molecule has 1 N–H and O–H groups in total. The summed E-state index contributed by atoms with van der Waals surface area (Å²) in [7, 11) is -1.76. The molecule has 0 spiro atoms. The van der Waals surface area contributed by atoms with E-state index in [1.165, 1.54) is 37.4 Å². The number of hydrogen-bond donors (Lipinski definition) is 1. The average Bonchev–Trinajstić information content (AvgIpc) is 2.66. The highest BCUT2D eigenvalue weighted by atomic mass is 35.5. The predicted octanol–water partition coefficient (Wildman–Crippen LogP) is 4.11. The van der Waals surface area contributed by atoms with Crippen molar-refractivity contribution in [1.82, 2.24) is 4.90 Å². The van der Waals surface area contributed by atoms with E-state index < -0.39 is 34.0 Å². The molecule has 0 saturated carbocycles. The summed E-state index contributed by atoms with van der Waals surface area (Å²) in [5, 5.41) is -0.918.